The van der Waals surface area contributed by atoms with E-state index in [9.17, 15) is 0 Å². The lowest BCUT2D eigenvalue weighted by Gasteiger charge is -2.05. The van der Waals surface area contributed by atoms with Crippen molar-refractivity contribution < 1.29 is 9.47 Å². The van der Waals surface area contributed by atoms with Gasteiger partial charge in [-0.3, -0.25) is 0 Å². The molecule has 0 amide bonds. The number of para-hydroxylation sites is 1. The molecule has 2 heteroatoms. The summed E-state index contributed by atoms with van der Waals surface area (Å²) in [4.78, 5) is 0. The van der Waals surface area contributed by atoms with Gasteiger partial charge in [-0.05, 0) is 18.6 Å². The van der Waals surface area contributed by atoms with E-state index < -0.39 is 0 Å². The van der Waals surface area contributed by atoms with E-state index in [0.29, 0.717) is 13.2 Å². The molecule has 0 radical (unpaired) electrons. The highest BCUT2D eigenvalue weighted by Gasteiger charge is 1.90. The minimum atomic E-state index is 0.629. The van der Waals surface area contributed by atoms with Crippen molar-refractivity contribution >= 4 is 0 Å². The number of benzene rings is 1. The lowest BCUT2D eigenvalue weighted by molar-refractivity contribution is 0.101. The molecule has 72 valence electrons. The van der Waals surface area contributed by atoms with Crippen LogP contribution in [-0.4, -0.2) is 19.8 Å². The summed E-state index contributed by atoms with van der Waals surface area (Å²) in [6, 6.07) is 9.78. The number of rotatable bonds is 6. The lowest BCUT2D eigenvalue weighted by atomic mass is 10.3. The Labute approximate surface area is 79.5 Å². The SMILES string of the molecule is CCCOCCOc1ccccc1. The molecule has 0 aliphatic heterocycles. The van der Waals surface area contributed by atoms with Crippen LogP contribution in [0.25, 0.3) is 0 Å². The van der Waals surface area contributed by atoms with Gasteiger partial charge in [-0.1, -0.05) is 25.1 Å². The molecule has 0 heterocycles. The summed E-state index contributed by atoms with van der Waals surface area (Å²) in [6.07, 6.45) is 1.06. The van der Waals surface area contributed by atoms with Gasteiger partial charge >= 0.3 is 0 Å². The molecule has 0 saturated carbocycles. The normalized spacial score (nSPS) is 9.92. The molecule has 0 atom stereocenters. The highest BCUT2D eigenvalue weighted by atomic mass is 16.5. The molecule has 0 saturated heterocycles. The highest BCUT2D eigenvalue weighted by Crippen LogP contribution is 2.07. The Morgan fingerprint density at radius 2 is 1.77 bits per heavy atom. The molecule has 1 rings (SSSR count). The van der Waals surface area contributed by atoms with Crippen molar-refractivity contribution in [3.05, 3.63) is 30.3 Å². The largest absolute Gasteiger partial charge is 0.491 e. The minimum Gasteiger partial charge on any atom is -0.491 e. The number of hydrogen-bond acceptors (Lipinski definition) is 2. The van der Waals surface area contributed by atoms with Crippen LogP contribution < -0.4 is 4.74 Å². The second-order valence-electron chi connectivity index (χ2n) is 2.77. The second kappa shape index (κ2) is 6.49. The summed E-state index contributed by atoms with van der Waals surface area (Å²) in [5.74, 6) is 0.905. The Morgan fingerprint density at radius 3 is 2.46 bits per heavy atom. The molecule has 1 aromatic rings. The molecule has 0 aliphatic rings. The Bertz CT molecular complexity index is 209. The first-order valence-electron chi connectivity index (χ1n) is 4.69. The maximum atomic E-state index is 5.43. The van der Waals surface area contributed by atoms with Gasteiger partial charge in [0.1, 0.15) is 12.4 Å². The minimum absolute atomic E-state index is 0.629. The fourth-order valence-corrected chi connectivity index (χ4v) is 0.982. The average Bonchev–Trinajstić information content (AvgIpc) is 2.19. The maximum Gasteiger partial charge on any atom is 0.119 e. The summed E-state index contributed by atoms with van der Waals surface area (Å²) in [6.45, 7) is 4.21. The summed E-state index contributed by atoms with van der Waals surface area (Å²) >= 11 is 0. The monoisotopic (exact) mass is 180 g/mol. The Hall–Kier alpha value is -1.02. The third kappa shape index (κ3) is 4.53. The summed E-state index contributed by atoms with van der Waals surface area (Å²) in [5.41, 5.74) is 0. The van der Waals surface area contributed by atoms with Crippen LogP contribution in [-0.2, 0) is 4.74 Å². The van der Waals surface area contributed by atoms with Crippen molar-refractivity contribution in [3.8, 4) is 5.75 Å². The fourth-order valence-electron chi connectivity index (χ4n) is 0.982. The number of ether oxygens (including phenoxy) is 2. The molecule has 0 fully saturated rings. The summed E-state index contributed by atoms with van der Waals surface area (Å²) in [5, 5.41) is 0. The van der Waals surface area contributed by atoms with Crippen LogP contribution in [0.3, 0.4) is 0 Å². The molecule has 13 heavy (non-hydrogen) atoms. The van der Waals surface area contributed by atoms with Gasteiger partial charge in [0.15, 0.2) is 0 Å². The van der Waals surface area contributed by atoms with Gasteiger partial charge in [0.2, 0.25) is 0 Å². The third-order valence-corrected chi connectivity index (χ3v) is 1.59. The van der Waals surface area contributed by atoms with Crippen LogP contribution in [0.2, 0.25) is 0 Å². The van der Waals surface area contributed by atoms with Crippen LogP contribution >= 0.6 is 0 Å². The molecule has 0 unspecified atom stereocenters. The van der Waals surface area contributed by atoms with Gasteiger partial charge in [0.05, 0.1) is 6.61 Å². The van der Waals surface area contributed by atoms with Crippen LogP contribution in [0.4, 0.5) is 0 Å². The van der Waals surface area contributed by atoms with Crippen LogP contribution in [0.15, 0.2) is 30.3 Å². The third-order valence-electron chi connectivity index (χ3n) is 1.59. The predicted octanol–water partition coefficient (Wildman–Crippen LogP) is 2.49. The van der Waals surface area contributed by atoms with E-state index in [1.807, 2.05) is 30.3 Å². The van der Waals surface area contributed by atoms with Gasteiger partial charge in [0.25, 0.3) is 0 Å². The van der Waals surface area contributed by atoms with Crippen molar-refractivity contribution in [1.29, 1.82) is 0 Å². The lowest BCUT2D eigenvalue weighted by Crippen LogP contribution is -2.06. The van der Waals surface area contributed by atoms with E-state index >= 15 is 0 Å². The van der Waals surface area contributed by atoms with Gasteiger partial charge < -0.3 is 9.47 Å². The van der Waals surface area contributed by atoms with E-state index in [4.69, 9.17) is 9.47 Å². The average molecular weight is 180 g/mol. The zero-order valence-corrected chi connectivity index (χ0v) is 8.03. The second-order valence-corrected chi connectivity index (χ2v) is 2.77. The van der Waals surface area contributed by atoms with Crippen LogP contribution in [0.5, 0.6) is 5.75 Å². The van der Waals surface area contributed by atoms with Gasteiger partial charge in [0, 0.05) is 6.61 Å². The van der Waals surface area contributed by atoms with Crippen molar-refractivity contribution in [2.45, 2.75) is 13.3 Å². The fraction of sp³-hybridized carbons (Fsp3) is 0.455. The molecular weight excluding hydrogens is 164 g/mol. The molecule has 0 spiro atoms. The van der Waals surface area contributed by atoms with Crippen molar-refractivity contribution in [2.24, 2.45) is 0 Å². The predicted molar refractivity (Wildman–Crippen MR) is 53.0 cm³/mol. The van der Waals surface area contributed by atoms with E-state index in [1.54, 1.807) is 0 Å². The van der Waals surface area contributed by atoms with E-state index in [-0.39, 0.29) is 0 Å². The summed E-state index contributed by atoms with van der Waals surface area (Å²) in [7, 11) is 0. The van der Waals surface area contributed by atoms with E-state index in [1.165, 1.54) is 0 Å². The zero-order chi connectivity index (χ0) is 9.36. The molecule has 0 aliphatic carbocycles. The van der Waals surface area contributed by atoms with Crippen molar-refractivity contribution in [3.63, 3.8) is 0 Å². The molecular formula is C11H16O2. The molecule has 1 aromatic carbocycles. The van der Waals surface area contributed by atoms with Gasteiger partial charge in [-0.25, -0.2) is 0 Å². The Morgan fingerprint density at radius 1 is 1.00 bits per heavy atom. The first-order valence-corrected chi connectivity index (χ1v) is 4.69. The molecule has 0 bridgehead atoms. The Kier molecular flexibility index (Phi) is 5.02. The van der Waals surface area contributed by atoms with Crippen LogP contribution in [0.1, 0.15) is 13.3 Å². The van der Waals surface area contributed by atoms with E-state index in [2.05, 4.69) is 6.92 Å². The first kappa shape index (κ1) is 10.1. The van der Waals surface area contributed by atoms with Crippen molar-refractivity contribution in [2.75, 3.05) is 19.8 Å². The van der Waals surface area contributed by atoms with Crippen LogP contribution in [0, 0.1) is 0 Å². The van der Waals surface area contributed by atoms with Gasteiger partial charge in [-0.15, -0.1) is 0 Å². The maximum absolute atomic E-state index is 5.43. The molecule has 0 aromatic heterocycles. The smallest absolute Gasteiger partial charge is 0.119 e. The highest BCUT2D eigenvalue weighted by molar-refractivity contribution is 5.20. The molecule has 2 nitrogen and oxygen atoms in total. The topological polar surface area (TPSA) is 18.5 Å². The standard InChI is InChI=1S/C11H16O2/c1-2-8-12-9-10-13-11-6-4-3-5-7-11/h3-7H,2,8-10H2,1H3. The zero-order valence-electron chi connectivity index (χ0n) is 8.03. The number of hydrogen-bond donors (Lipinski definition) is 0. The van der Waals surface area contributed by atoms with Crippen molar-refractivity contribution in [1.82, 2.24) is 0 Å². The first-order chi connectivity index (χ1) is 6.43. The quantitative estimate of drug-likeness (QED) is 0.626. The van der Waals surface area contributed by atoms with E-state index in [0.717, 1.165) is 18.8 Å². The molecule has 0 N–H and O–H groups in total. The Balaban J connectivity index is 2.07. The summed E-state index contributed by atoms with van der Waals surface area (Å²) < 4.78 is 10.7. The van der Waals surface area contributed by atoms with Gasteiger partial charge in [-0.2, -0.15) is 0 Å².